The molecule has 0 aromatic heterocycles. The summed E-state index contributed by atoms with van der Waals surface area (Å²) in [5.41, 5.74) is 1.59. The van der Waals surface area contributed by atoms with Crippen LogP contribution in [-0.2, 0) is 6.54 Å². The number of hydrogen-bond acceptors (Lipinski definition) is 4. The van der Waals surface area contributed by atoms with Gasteiger partial charge in [0, 0.05) is 37.4 Å². The van der Waals surface area contributed by atoms with E-state index in [2.05, 4.69) is 37.1 Å². The fraction of sp³-hybridized carbons (Fsp3) is 0.316. The van der Waals surface area contributed by atoms with Crippen LogP contribution in [0.25, 0.3) is 0 Å². The highest BCUT2D eigenvalue weighted by molar-refractivity contribution is 5.89. The molecule has 1 fully saturated rings. The monoisotopic (exact) mass is 375 g/mol. The molecule has 2 heterocycles. The van der Waals surface area contributed by atoms with E-state index in [0.29, 0.717) is 5.69 Å². The van der Waals surface area contributed by atoms with Crippen molar-refractivity contribution in [1.29, 1.82) is 0 Å². The molecular formula is C19H19F2N3O3. The van der Waals surface area contributed by atoms with Gasteiger partial charge in [0.25, 0.3) is 0 Å². The second kappa shape index (κ2) is 7.03. The smallest absolute Gasteiger partial charge is 0.395 e. The van der Waals surface area contributed by atoms with E-state index in [4.69, 9.17) is 0 Å². The molecule has 0 saturated carbocycles. The number of nitrogens with one attached hydrogen (secondary N) is 2. The summed E-state index contributed by atoms with van der Waals surface area (Å²) in [7, 11) is 0. The quantitative estimate of drug-likeness (QED) is 0.860. The molecule has 1 unspecified atom stereocenters. The summed E-state index contributed by atoms with van der Waals surface area (Å²) in [6, 6.07) is 14.0. The van der Waals surface area contributed by atoms with E-state index in [1.54, 1.807) is 0 Å². The molecule has 2 N–H and O–H groups in total. The zero-order valence-electron chi connectivity index (χ0n) is 14.5. The number of urea groups is 1. The van der Waals surface area contributed by atoms with Crippen LogP contribution < -0.4 is 20.1 Å². The SMILES string of the molecule is O=C(Nc1ccc2c(c1)OC(F)(F)O2)NC1CCN(Cc2ccccc2)C1. The van der Waals surface area contributed by atoms with Gasteiger partial charge in [-0.25, -0.2) is 4.79 Å². The third-order valence-corrected chi connectivity index (χ3v) is 4.52. The summed E-state index contributed by atoms with van der Waals surface area (Å²) in [4.78, 5) is 14.5. The molecule has 2 aromatic rings. The Kier molecular flexibility index (Phi) is 4.57. The van der Waals surface area contributed by atoms with Gasteiger partial charge < -0.3 is 20.1 Å². The van der Waals surface area contributed by atoms with E-state index in [0.717, 1.165) is 26.1 Å². The third-order valence-electron chi connectivity index (χ3n) is 4.52. The van der Waals surface area contributed by atoms with E-state index in [9.17, 15) is 13.6 Å². The summed E-state index contributed by atoms with van der Waals surface area (Å²) in [6.07, 6.45) is -2.82. The number of carbonyl (C=O) groups excluding carboxylic acids is 1. The Morgan fingerprint density at radius 3 is 2.74 bits per heavy atom. The van der Waals surface area contributed by atoms with Crippen molar-refractivity contribution in [3.05, 3.63) is 54.1 Å². The molecule has 1 atom stereocenters. The minimum Gasteiger partial charge on any atom is -0.395 e. The topological polar surface area (TPSA) is 62.8 Å². The highest BCUT2D eigenvalue weighted by Crippen LogP contribution is 2.42. The molecule has 142 valence electrons. The molecule has 0 radical (unpaired) electrons. The van der Waals surface area contributed by atoms with Gasteiger partial charge >= 0.3 is 12.3 Å². The average molecular weight is 375 g/mol. The summed E-state index contributed by atoms with van der Waals surface area (Å²) in [6.45, 7) is 2.51. The van der Waals surface area contributed by atoms with Crippen molar-refractivity contribution in [1.82, 2.24) is 10.2 Å². The molecule has 0 aliphatic carbocycles. The normalized spacial score (nSPS) is 20.4. The summed E-state index contributed by atoms with van der Waals surface area (Å²) < 4.78 is 34.8. The molecule has 2 aliphatic rings. The third kappa shape index (κ3) is 4.28. The Bertz CT molecular complexity index is 832. The van der Waals surface area contributed by atoms with Gasteiger partial charge in [0.2, 0.25) is 0 Å². The average Bonchev–Trinajstić information content (AvgIpc) is 3.17. The molecule has 8 heteroatoms. The van der Waals surface area contributed by atoms with E-state index < -0.39 is 6.29 Å². The van der Waals surface area contributed by atoms with Crippen LogP contribution in [0.3, 0.4) is 0 Å². The van der Waals surface area contributed by atoms with Crippen LogP contribution in [-0.4, -0.2) is 36.4 Å². The molecule has 6 nitrogen and oxygen atoms in total. The van der Waals surface area contributed by atoms with Crippen molar-refractivity contribution in [2.24, 2.45) is 0 Å². The molecular weight excluding hydrogens is 356 g/mol. The number of amides is 2. The first-order valence-corrected chi connectivity index (χ1v) is 8.70. The maximum absolute atomic E-state index is 13.0. The van der Waals surface area contributed by atoms with Crippen molar-refractivity contribution in [2.45, 2.75) is 25.3 Å². The first-order chi connectivity index (χ1) is 13.0. The van der Waals surface area contributed by atoms with Crippen LogP contribution in [0.5, 0.6) is 11.5 Å². The lowest BCUT2D eigenvalue weighted by molar-refractivity contribution is -0.286. The first-order valence-electron chi connectivity index (χ1n) is 8.70. The number of nitrogens with zero attached hydrogens (tertiary/aromatic N) is 1. The first kappa shape index (κ1) is 17.5. The number of rotatable bonds is 4. The molecule has 4 rings (SSSR count). The fourth-order valence-corrected chi connectivity index (χ4v) is 3.32. The van der Waals surface area contributed by atoms with Gasteiger partial charge in [-0.2, -0.15) is 0 Å². The van der Waals surface area contributed by atoms with E-state index in [1.165, 1.54) is 23.8 Å². The lowest BCUT2D eigenvalue weighted by Crippen LogP contribution is -2.39. The van der Waals surface area contributed by atoms with Crippen molar-refractivity contribution in [2.75, 3.05) is 18.4 Å². The van der Waals surface area contributed by atoms with Gasteiger partial charge in [0.05, 0.1) is 0 Å². The summed E-state index contributed by atoms with van der Waals surface area (Å²) in [5.74, 6) is -0.161. The molecule has 0 bridgehead atoms. The zero-order valence-corrected chi connectivity index (χ0v) is 14.5. The Morgan fingerprint density at radius 2 is 1.93 bits per heavy atom. The lowest BCUT2D eigenvalue weighted by atomic mass is 10.2. The van der Waals surface area contributed by atoms with E-state index in [1.807, 2.05) is 18.2 Å². The van der Waals surface area contributed by atoms with Crippen LogP contribution >= 0.6 is 0 Å². The van der Waals surface area contributed by atoms with Crippen LogP contribution in [0.1, 0.15) is 12.0 Å². The van der Waals surface area contributed by atoms with Crippen molar-refractivity contribution in [3.8, 4) is 11.5 Å². The molecule has 1 saturated heterocycles. The van der Waals surface area contributed by atoms with Gasteiger partial charge in [-0.15, -0.1) is 8.78 Å². The van der Waals surface area contributed by atoms with Crippen molar-refractivity contribution >= 4 is 11.7 Å². The van der Waals surface area contributed by atoms with E-state index in [-0.39, 0.29) is 23.6 Å². The van der Waals surface area contributed by atoms with E-state index >= 15 is 0 Å². The van der Waals surface area contributed by atoms with Crippen LogP contribution in [0.15, 0.2) is 48.5 Å². The minimum absolute atomic E-state index is 0.0343. The zero-order chi connectivity index (χ0) is 18.9. The van der Waals surface area contributed by atoms with Crippen LogP contribution in [0, 0.1) is 0 Å². The minimum atomic E-state index is -3.67. The highest BCUT2D eigenvalue weighted by atomic mass is 19.3. The standard InChI is InChI=1S/C19H19F2N3O3/c20-19(21)26-16-7-6-14(10-17(16)27-19)22-18(25)23-15-8-9-24(12-15)11-13-4-2-1-3-5-13/h1-7,10,15H,8-9,11-12H2,(H2,22,23,25). The Morgan fingerprint density at radius 1 is 1.15 bits per heavy atom. The number of halogens is 2. The van der Waals surface area contributed by atoms with Crippen molar-refractivity contribution in [3.63, 3.8) is 0 Å². The largest absolute Gasteiger partial charge is 0.586 e. The summed E-state index contributed by atoms with van der Waals surface area (Å²) >= 11 is 0. The number of ether oxygens (including phenoxy) is 2. The molecule has 2 amide bonds. The van der Waals surface area contributed by atoms with Crippen LogP contribution in [0.4, 0.5) is 19.3 Å². The Hall–Kier alpha value is -2.87. The number of fused-ring (bicyclic) bond motifs is 1. The second-order valence-corrected chi connectivity index (χ2v) is 6.63. The second-order valence-electron chi connectivity index (χ2n) is 6.63. The number of hydrogen-bond donors (Lipinski definition) is 2. The van der Waals surface area contributed by atoms with Gasteiger partial charge in [-0.05, 0) is 24.1 Å². The maximum atomic E-state index is 13.0. The molecule has 0 spiro atoms. The van der Waals surface area contributed by atoms with Gasteiger partial charge in [-0.3, -0.25) is 4.90 Å². The highest BCUT2D eigenvalue weighted by Gasteiger charge is 2.43. The van der Waals surface area contributed by atoms with Gasteiger partial charge in [-0.1, -0.05) is 30.3 Å². The molecule has 2 aromatic carbocycles. The predicted octanol–water partition coefficient (Wildman–Crippen LogP) is 3.40. The summed E-state index contributed by atoms with van der Waals surface area (Å²) in [5, 5.41) is 5.56. The fourth-order valence-electron chi connectivity index (χ4n) is 3.32. The lowest BCUT2D eigenvalue weighted by Gasteiger charge is -2.17. The Labute approximate surface area is 155 Å². The number of anilines is 1. The number of likely N-dealkylation sites (tertiary alicyclic amines) is 1. The molecule has 27 heavy (non-hydrogen) atoms. The van der Waals surface area contributed by atoms with Gasteiger partial charge in [0.15, 0.2) is 11.5 Å². The number of benzene rings is 2. The molecule has 2 aliphatic heterocycles. The van der Waals surface area contributed by atoms with Gasteiger partial charge in [0.1, 0.15) is 0 Å². The predicted molar refractivity (Wildman–Crippen MR) is 94.9 cm³/mol. The number of alkyl halides is 2. The van der Waals surface area contributed by atoms with Crippen molar-refractivity contribution < 1.29 is 23.0 Å². The van der Waals surface area contributed by atoms with Crippen LogP contribution in [0.2, 0.25) is 0 Å². The Balaban J connectivity index is 1.28. The number of carbonyl (C=O) groups is 1. The maximum Gasteiger partial charge on any atom is 0.586 e.